The van der Waals surface area contributed by atoms with E-state index >= 15 is 0 Å². The minimum absolute atomic E-state index is 0. The van der Waals surface area contributed by atoms with E-state index in [1.54, 1.807) is 0 Å². The van der Waals surface area contributed by atoms with Gasteiger partial charge >= 0.3 is 0 Å². The molecule has 2 heterocycles. The molecule has 20 heavy (non-hydrogen) atoms. The minimum atomic E-state index is 0. The first kappa shape index (κ1) is 17.2. The van der Waals surface area contributed by atoms with Crippen LogP contribution >= 0.6 is 24.0 Å². The van der Waals surface area contributed by atoms with Crippen LogP contribution in [0.1, 0.15) is 25.6 Å². The minimum Gasteiger partial charge on any atom is -0.375 e. The molecule has 0 spiro atoms. The number of rotatable bonds is 4. The van der Waals surface area contributed by atoms with Crippen molar-refractivity contribution in [2.24, 2.45) is 10.7 Å². The van der Waals surface area contributed by atoms with Gasteiger partial charge in [0.15, 0.2) is 11.8 Å². The van der Waals surface area contributed by atoms with Crippen molar-refractivity contribution in [1.82, 2.24) is 15.0 Å². The Balaban J connectivity index is 0.00000200. The zero-order valence-corrected chi connectivity index (χ0v) is 14.2. The molecular formula is C12H22IN5O2. The largest absolute Gasteiger partial charge is 0.375 e. The lowest BCUT2D eigenvalue weighted by atomic mass is 10.3. The summed E-state index contributed by atoms with van der Waals surface area (Å²) in [6.07, 6.45) is 1.60. The second-order valence-electron chi connectivity index (χ2n) is 4.58. The third kappa shape index (κ3) is 4.89. The molecule has 114 valence electrons. The third-order valence-electron chi connectivity index (χ3n) is 2.99. The number of hydrogen-bond acceptors (Lipinski definition) is 5. The lowest BCUT2D eigenvalue weighted by Gasteiger charge is -2.31. The number of nitrogens with zero attached hydrogens (tertiary/aromatic N) is 4. The van der Waals surface area contributed by atoms with Gasteiger partial charge in [0.05, 0.1) is 12.7 Å². The zero-order chi connectivity index (χ0) is 13.7. The Kier molecular flexibility index (Phi) is 7.20. The van der Waals surface area contributed by atoms with Crippen molar-refractivity contribution in [1.29, 1.82) is 0 Å². The molecule has 1 saturated heterocycles. The third-order valence-corrected chi connectivity index (χ3v) is 2.99. The molecular weight excluding hydrogens is 373 g/mol. The number of guanidine groups is 1. The number of hydrogen-bond donors (Lipinski definition) is 1. The van der Waals surface area contributed by atoms with Crippen LogP contribution in [0.15, 0.2) is 9.52 Å². The molecule has 0 saturated carbocycles. The first-order valence-electron chi connectivity index (χ1n) is 6.67. The Bertz CT molecular complexity index is 437. The summed E-state index contributed by atoms with van der Waals surface area (Å²) >= 11 is 0. The molecule has 7 nitrogen and oxygen atoms in total. The monoisotopic (exact) mass is 395 g/mol. The SMILES string of the molecule is CCc1nc(CCN=C(N)N2CCOC(C)C2)no1.I. The van der Waals surface area contributed by atoms with Crippen LogP contribution in [0.3, 0.4) is 0 Å². The Morgan fingerprint density at radius 3 is 3.00 bits per heavy atom. The van der Waals surface area contributed by atoms with Gasteiger partial charge in [-0.15, -0.1) is 24.0 Å². The molecule has 1 aliphatic rings. The van der Waals surface area contributed by atoms with Crippen LogP contribution in [-0.2, 0) is 17.6 Å². The van der Waals surface area contributed by atoms with Crippen molar-refractivity contribution in [3.8, 4) is 0 Å². The van der Waals surface area contributed by atoms with Gasteiger partial charge in [-0.3, -0.25) is 4.99 Å². The number of ether oxygens (including phenoxy) is 1. The van der Waals surface area contributed by atoms with E-state index in [-0.39, 0.29) is 30.1 Å². The summed E-state index contributed by atoms with van der Waals surface area (Å²) < 4.78 is 10.5. The lowest BCUT2D eigenvalue weighted by molar-refractivity contribution is 0.00530. The van der Waals surface area contributed by atoms with Gasteiger partial charge in [-0.2, -0.15) is 4.98 Å². The molecule has 0 radical (unpaired) electrons. The summed E-state index contributed by atoms with van der Waals surface area (Å²) in [5, 5.41) is 3.88. The fourth-order valence-electron chi connectivity index (χ4n) is 1.93. The highest BCUT2D eigenvalue weighted by Crippen LogP contribution is 2.04. The molecule has 1 fully saturated rings. The first-order valence-corrected chi connectivity index (χ1v) is 6.67. The van der Waals surface area contributed by atoms with Crippen LogP contribution in [0.2, 0.25) is 0 Å². The number of nitrogens with two attached hydrogens (primary N) is 1. The van der Waals surface area contributed by atoms with Crippen molar-refractivity contribution < 1.29 is 9.26 Å². The van der Waals surface area contributed by atoms with E-state index in [1.807, 2.05) is 18.7 Å². The van der Waals surface area contributed by atoms with Crippen molar-refractivity contribution in [2.45, 2.75) is 32.8 Å². The molecule has 8 heteroatoms. The highest BCUT2D eigenvalue weighted by molar-refractivity contribution is 14.0. The van der Waals surface area contributed by atoms with Crippen LogP contribution in [0, 0.1) is 0 Å². The van der Waals surface area contributed by atoms with E-state index < -0.39 is 0 Å². The van der Waals surface area contributed by atoms with Gasteiger partial charge in [0.25, 0.3) is 0 Å². The number of aromatic nitrogens is 2. The summed E-state index contributed by atoms with van der Waals surface area (Å²) in [6.45, 7) is 6.86. The Morgan fingerprint density at radius 1 is 1.55 bits per heavy atom. The van der Waals surface area contributed by atoms with Gasteiger partial charge in [-0.1, -0.05) is 12.1 Å². The molecule has 0 aliphatic carbocycles. The van der Waals surface area contributed by atoms with Gasteiger partial charge < -0.3 is 19.9 Å². The van der Waals surface area contributed by atoms with E-state index in [0.717, 1.165) is 19.5 Å². The van der Waals surface area contributed by atoms with Crippen molar-refractivity contribution in [2.75, 3.05) is 26.2 Å². The van der Waals surface area contributed by atoms with Gasteiger partial charge in [0.1, 0.15) is 0 Å². The number of morpholine rings is 1. The number of halogens is 1. The summed E-state index contributed by atoms with van der Waals surface area (Å²) in [5.74, 6) is 1.91. The van der Waals surface area contributed by atoms with Crippen LogP contribution in [-0.4, -0.2) is 53.3 Å². The maximum absolute atomic E-state index is 5.96. The van der Waals surface area contributed by atoms with Gasteiger partial charge in [-0.05, 0) is 6.92 Å². The molecule has 0 bridgehead atoms. The Labute approximate surface area is 136 Å². The average molecular weight is 395 g/mol. The Hall–Kier alpha value is -0.900. The predicted octanol–water partition coefficient (Wildman–Crippen LogP) is 0.828. The maximum Gasteiger partial charge on any atom is 0.226 e. The van der Waals surface area contributed by atoms with Crippen LogP contribution in [0.4, 0.5) is 0 Å². The Morgan fingerprint density at radius 2 is 2.35 bits per heavy atom. The summed E-state index contributed by atoms with van der Waals surface area (Å²) in [5.41, 5.74) is 5.96. The van der Waals surface area contributed by atoms with Crippen LogP contribution < -0.4 is 5.73 Å². The van der Waals surface area contributed by atoms with Gasteiger partial charge in [0, 0.05) is 32.5 Å². The molecule has 2 N–H and O–H groups in total. The fourth-order valence-corrected chi connectivity index (χ4v) is 1.93. The number of aryl methyl sites for hydroxylation is 1. The van der Waals surface area contributed by atoms with Crippen LogP contribution in [0.5, 0.6) is 0 Å². The molecule has 1 unspecified atom stereocenters. The molecule has 0 amide bonds. The number of aliphatic imine (C=N–C) groups is 1. The van der Waals surface area contributed by atoms with E-state index in [1.165, 1.54) is 0 Å². The van der Waals surface area contributed by atoms with Crippen molar-refractivity contribution >= 4 is 29.9 Å². The first-order chi connectivity index (χ1) is 9.19. The van der Waals surface area contributed by atoms with Gasteiger partial charge in [-0.25, -0.2) is 0 Å². The standard InChI is InChI=1S/C12H21N5O2.HI/c1-3-11-15-10(16-19-11)4-5-14-12(13)17-6-7-18-9(2)8-17;/h9H,3-8H2,1-2H3,(H2,13,14);1H. The van der Waals surface area contributed by atoms with Crippen molar-refractivity contribution in [3.63, 3.8) is 0 Å². The average Bonchev–Trinajstić information content (AvgIpc) is 2.86. The molecule has 1 aromatic rings. The summed E-state index contributed by atoms with van der Waals surface area (Å²) in [4.78, 5) is 10.6. The predicted molar refractivity (Wildman–Crippen MR) is 86.3 cm³/mol. The molecule has 0 aromatic carbocycles. The molecule has 2 rings (SSSR count). The highest BCUT2D eigenvalue weighted by Gasteiger charge is 2.17. The van der Waals surface area contributed by atoms with Crippen LogP contribution in [0.25, 0.3) is 0 Å². The second kappa shape index (κ2) is 8.40. The van der Waals surface area contributed by atoms with E-state index in [9.17, 15) is 0 Å². The lowest BCUT2D eigenvalue weighted by Crippen LogP contribution is -2.47. The fraction of sp³-hybridized carbons (Fsp3) is 0.750. The highest BCUT2D eigenvalue weighted by atomic mass is 127. The second-order valence-corrected chi connectivity index (χ2v) is 4.58. The molecule has 1 aliphatic heterocycles. The van der Waals surface area contributed by atoms with E-state index in [4.69, 9.17) is 15.0 Å². The topological polar surface area (TPSA) is 89.8 Å². The normalized spacial score (nSPS) is 19.8. The molecule has 1 atom stereocenters. The van der Waals surface area contributed by atoms with Gasteiger partial charge in [0.2, 0.25) is 5.89 Å². The molecule has 1 aromatic heterocycles. The quantitative estimate of drug-likeness (QED) is 0.462. The van der Waals surface area contributed by atoms with Crippen molar-refractivity contribution in [3.05, 3.63) is 11.7 Å². The summed E-state index contributed by atoms with van der Waals surface area (Å²) in [7, 11) is 0. The maximum atomic E-state index is 5.96. The smallest absolute Gasteiger partial charge is 0.226 e. The van der Waals surface area contributed by atoms with E-state index in [0.29, 0.717) is 37.2 Å². The summed E-state index contributed by atoms with van der Waals surface area (Å²) in [6, 6.07) is 0. The van der Waals surface area contributed by atoms with E-state index in [2.05, 4.69) is 15.1 Å². The zero-order valence-electron chi connectivity index (χ0n) is 11.9.